The smallest absolute Gasteiger partial charge is 0.224 e. The monoisotopic (exact) mass is 242 g/mol. The Labute approximate surface area is 103 Å². The Bertz CT molecular complexity index is 303. The third-order valence-corrected chi connectivity index (χ3v) is 2.31. The van der Waals surface area contributed by atoms with Gasteiger partial charge in [-0.05, 0) is 12.5 Å². The van der Waals surface area contributed by atoms with Crippen molar-refractivity contribution >= 4 is 18.3 Å². The van der Waals surface area contributed by atoms with Gasteiger partial charge in [-0.15, -0.1) is 12.4 Å². The van der Waals surface area contributed by atoms with Gasteiger partial charge < -0.3 is 10.6 Å². The fraction of sp³-hybridized carbons (Fsp3) is 0.417. The van der Waals surface area contributed by atoms with Crippen molar-refractivity contribution in [2.45, 2.75) is 19.9 Å². The normalized spacial score (nSPS) is 9.38. The SMILES string of the molecule is CCN(Cc1ccccc1)C(=O)CCN.Cl. The molecule has 1 amide bonds. The zero-order chi connectivity index (χ0) is 11.1. The first-order chi connectivity index (χ1) is 7.27. The molecule has 0 unspecified atom stereocenters. The van der Waals surface area contributed by atoms with E-state index in [1.807, 2.05) is 42.2 Å². The summed E-state index contributed by atoms with van der Waals surface area (Å²) >= 11 is 0. The van der Waals surface area contributed by atoms with Crippen molar-refractivity contribution in [1.29, 1.82) is 0 Å². The Kier molecular flexibility index (Phi) is 7.60. The third-order valence-electron chi connectivity index (χ3n) is 2.31. The van der Waals surface area contributed by atoms with Gasteiger partial charge in [-0.3, -0.25) is 4.79 Å². The molecule has 0 aliphatic carbocycles. The van der Waals surface area contributed by atoms with Gasteiger partial charge in [-0.1, -0.05) is 30.3 Å². The Morgan fingerprint density at radius 1 is 1.31 bits per heavy atom. The van der Waals surface area contributed by atoms with Gasteiger partial charge >= 0.3 is 0 Å². The van der Waals surface area contributed by atoms with Gasteiger partial charge in [0.05, 0.1) is 0 Å². The van der Waals surface area contributed by atoms with Crippen LogP contribution in [0.25, 0.3) is 0 Å². The number of nitrogens with two attached hydrogens (primary N) is 1. The Balaban J connectivity index is 0.00000225. The zero-order valence-electron chi connectivity index (χ0n) is 9.56. The lowest BCUT2D eigenvalue weighted by Crippen LogP contribution is -2.31. The summed E-state index contributed by atoms with van der Waals surface area (Å²) in [6, 6.07) is 9.99. The fourth-order valence-electron chi connectivity index (χ4n) is 1.46. The first kappa shape index (κ1) is 14.9. The molecule has 0 radical (unpaired) electrons. The summed E-state index contributed by atoms with van der Waals surface area (Å²) in [6.07, 6.45) is 0.431. The molecule has 0 bridgehead atoms. The first-order valence-corrected chi connectivity index (χ1v) is 5.29. The number of carbonyl (C=O) groups is 1. The van der Waals surface area contributed by atoms with E-state index in [2.05, 4.69) is 0 Å². The van der Waals surface area contributed by atoms with Crippen LogP contribution in [-0.2, 0) is 11.3 Å². The highest BCUT2D eigenvalue weighted by Crippen LogP contribution is 2.05. The standard InChI is InChI=1S/C12H18N2O.ClH/c1-2-14(12(15)8-9-13)10-11-6-4-3-5-7-11;/h3-7H,2,8-10,13H2,1H3;1H. The van der Waals surface area contributed by atoms with Gasteiger partial charge in [-0.2, -0.15) is 0 Å². The second kappa shape index (κ2) is 8.13. The Morgan fingerprint density at radius 2 is 1.94 bits per heavy atom. The van der Waals surface area contributed by atoms with E-state index in [4.69, 9.17) is 5.73 Å². The maximum Gasteiger partial charge on any atom is 0.224 e. The van der Waals surface area contributed by atoms with Crippen molar-refractivity contribution in [3.05, 3.63) is 35.9 Å². The lowest BCUT2D eigenvalue weighted by molar-refractivity contribution is -0.131. The number of nitrogens with zero attached hydrogens (tertiary/aromatic N) is 1. The largest absolute Gasteiger partial charge is 0.339 e. The van der Waals surface area contributed by atoms with Crippen LogP contribution in [-0.4, -0.2) is 23.9 Å². The molecule has 0 aromatic heterocycles. The topological polar surface area (TPSA) is 46.3 Å². The molecule has 0 atom stereocenters. The Morgan fingerprint density at radius 3 is 2.44 bits per heavy atom. The molecule has 0 spiro atoms. The highest BCUT2D eigenvalue weighted by Gasteiger charge is 2.10. The van der Waals surface area contributed by atoms with Crippen LogP contribution in [0.1, 0.15) is 18.9 Å². The van der Waals surface area contributed by atoms with E-state index in [1.165, 1.54) is 0 Å². The van der Waals surface area contributed by atoms with Crippen molar-refractivity contribution in [2.75, 3.05) is 13.1 Å². The van der Waals surface area contributed by atoms with Gasteiger partial charge in [0.25, 0.3) is 0 Å². The number of halogens is 1. The van der Waals surface area contributed by atoms with Crippen LogP contribution in [0.4, 0.5) is 0 Å². The van der Waals surface area contributed by atoms with Crippen LogP contribution in [0.2, 0.25) is 0 Å². The second-order valence-corrected chi connectivity index (χ2v) is 3.43. The molecule has 90 valence electrons. The van der Waals surface area contributed by atoms with Crippen LogP contribution >= 0.6 is 12.4 Å². The van der Waals surface area contributed by atoms with Crippen LogP contribution in [0, 0.1) is 0 Å². The first-order valence-electron chi connectivity index (χ1n) is 5.29. The van der Waals surface area contributed by atoms with Crippen LogP contribution in [0.5, 0.6) is 0 Å². The van der Waals surface area contributed by atoms with Gasteiger partial charge in [0.2, 0.25) is 5.91 Å². The zero-order valence-corrected chi connectivity index (χ0v) is 10.4. The summed E-state index contributed by atoms with van der Waals surface area (Å²) in [5.74, 6) is 0.129. The average molecular weight is 243 g/mol. The highest BCUT2D eigenvalue weighted by atomic mass is 35.5. The number of rotatable bonds is 5. The molecule has 16 heavy (non-hydrogen) atoms. The van der Waals surface area contributed by atoms with Crippen molar-refractivity contribution in [3.63, 3.8) is 0 Å². The van der Waals surface area contributed by atoms with Gasteiger partial charge in [0.1, 0.15) is 0 Å². The molecule has 0 heterocycles. The molecule has 0 aliphatic rings. The minimum atomic E-state index is 0. The molecule has 1 rings (SSSR count). The van der Waals surface area contributed by atoms with Crippen LogP contribution in [0.3, 0.4) is 0 Å². The van der Waals surface area contributed by atoms with Crippen LogP contribution < -0.4 is 5.73 Å². The molecule has 4 heteroatoms. The van der Waals surface area contributed by atoms with E-state index in [0.29, 0.717) is 19.5 Å². The van der Waals surface area contributed by atoms with E-state index in [9.17, 15) is 4.79 Å². The molecule has 1 aromatic carbocycles. The summed E-state index contributed by atoms with van der Waals surface area (Å²) in [4.78, 5) is 13.4. The maximum atomic E-state index is 11.6. The fourth-order valence-corrected chi connectivity index (χ4v) is 1.46. The average Bonchev–Trinajstić information content (AvgIpc) is 2.27. The molecule has 0 fully saturated rings. The lowest BCUT2D eigenvalue weighted by Gasteiger charge is -2.20. The van der Waals surface area contributed by atoms with Crippen LogP contribution in [0.15, 0.2) is 30.3 Å². The molecule has 0 saturated heterocycles. The third kappa shape index (κ3) is 4.64. The van der Waals surface area contributed by atoms with Crippen molar-refractivity contribution in [1.82, 2.24) is 4.90 Å². The molecular formula is C12H19ClN2O. The maximum absolute atomic E-state index is 11.6. The van der Waals surface area contributed by atoms with Gasteiger partial charge in [0.15, 0.2) is 0 Å². The van der Waals surface area contributed by atoms with E-state index < -0.39 is 0 Å². The quantitative estimate of drug-likeness (QED) is 0.856. The summed E-state index contributed by atoms with van der Waals surface area (Å²) in [5, 5.41) is 0. The predicted molar refractivity (Wildman–Crippen MR) is 68.5 cm³/mol. The molecule has 3 nitrogen and oxygen atoms in total. The van der Waals surface area contributed by atoms with Crippen molar-refractivity contribution in [3.8, 4) is 0 Å². The number of hydrogen-bond donors (Lipinski definition) is 1. The highest BCUT2D eigenvalue weighted by molar-refractivity contribution is 5.85. The minimum Gasteiger partial charge on any atom is -0.339 e. The number of amides is 1. The minimum absolute atomic E-state index is 0. The molecule has 1 aromatic rings. The molecule has 0 saturated carbocycles. The summed E-state index contributed by atoms with van der Waals surface area (Å²) in [7, 11) is 0. The van der Waals surface area contributed by atoms with Gasteiger partial charge in [0, 0.05) is 26.1 Å². The van der Waals surface area contributed by atoms with E-state index in [0.717, 1.165) is 12.1 Å². The molecular weight excluding hydrogens is 224 g/mol. The van der Waals surface area contributed by atoms with Crippen molar-refractivity contribution in [2.24, 2.45) is 5.73 Å². The summed E-state index contributed by atoms with van der Waals surface area (Å²) in [5.41, 5.74) is 6.52. The van der Waals surface area contributed by atoms with E-state index in [-0.39, 0.29) is 18.3 Å². The Hall–Kier alpha value is -1.06. The number of hydrogen-bond acceptors (Lipinski definition) is 2. The lowest BCUT2D eigenvalue weighted by atomic mass is 10.2. The van der Waals surface area contributed by atoms with Crippen molar-refractivity contribution < 1.29 is 4.79 Å². The van der Waals surface area contributed by atoms with E-state index in [1.54, 1.807) is 0 Å². The molecule has 0 aliphatic heterocycles. The summed E-state index contributed by atoms with van der Waals surface area (Å²) in [6.45, 7) is 3.81. The van der Waals surface area contributed by atoms with Gasteiger partial charge in [-0.25, -0.2) is 0 Å². The van der Waals surface area contributed by atoms with E-state index >= 15 is 0 Å². The predicted octanol–water partition coefficient (Wildman–Crippen LogP) is 1.81. The molecule has 2 N–H and O–H groups in total. The summed E-state index contributed by atoms with van der Waals surface area (Å²) < 4.78 is 0. The number of benzene rings is 1. The second-order valence-electron chi connectivity index (χ2n) is 3.43. The number of carbonyl (C=O) groups excluding carboxylic acids is 1.